The van der Waals surface area contributed by atoms with Crippen LogP contribution in [0.25, 0.3) is 10.8 Å². The third-order valence-corrected chi connectivity index (χ3v) is 7.72. The van der Waals surface area contributed by atoms with Crippen molar-refractivity contribution >= 4 is 16.5 Å². The Labute approximate surface area is 198 Å². The molecule has 1 heterocycles. The molecule has 1 aliphatic heterocycles. The SMILES string of the molecule is COc1ccc2cc(/C(=N/[I-]OCC(F)(F)F)C3CCCN(C4CCCC4)C3)ccc2c1. The van der Waals surface area contributed by atoms with Crippen molar-refractivity contribution in [3.05, 3.63) is 42.0 Å². The third-order valence-electron chi connectivity index (χ3n) is 6.42. The molecule has 8 heteroatoms. The van der Waals surface area contributed by atoms with Gasteiger partial charge in [0.2, 0.25) is 0 Å². The van der Waals surface area contributed by atoms with Crippen LogP contribution in [0.1, 0.15) is 44.1 Å². The second kappa shape index (κ2) is 10.7. The standard InChI is InChI=1S/C24H29F3IN2O2/c1-31-22-11-10-17-13-19(9-8-18(17)14-22)23(29-28-32-16-24(25,26)27)20-5-4-12-30(15-20)21-6-2-3-7-21/h8-11,13-14,20-21H,2-7,12,15-16H2,1H3/q-1/b29-23-. The first kappa shape index (κ1) is 23.8. The number of nitrogens with zero attached hydrogens (tertiary/aromatic N) is 2. The summed E-state index contributed by atoms with van der Waals surface area (Å²) < 4.78 is 52.6. The number of rotatable bonds is 7. The molecule has 1 unspecified atom stereocenters. The number of alkyl halides is 3. The summed E-state index contributed by atoms with van der Waals surface area (Å²) in [6.45, 7) is 0.798. The van der Waals surface area contributed by atoms with Gasteiger partial charge in [0.25, 0.3) is 0 Å². The zero-order valence-corrected chi connectivity index (χ0v) is 20.4. The molecule has 1 atom stereocenters. The molecule has 4 nitrogen and oxygen atoms in total. The van der Waals surface area contributed by atoms with Crippen molar-refractivity contribution < 1.29 is 42.9 Å². The second-order valence-electron chi connectivity index (χ2n) is 8.61. The number of fused-ring (bicyclic) bond motifs is 1. The van der Waals surface area contributed by atoms with Gasteiger partial charge in [0.1, 0.15) is 0 Å². The second-order valence-corrected chi connectivity index (χ2v) is 10.1. The van der Waals surface area contributed by atoms with Crippen LogP contribution < -0.4 is 26.6 Å². The van der Waals surface area contributed by atoms with Gasteiger partial charge >= 0.3 is 199 Å². The molecule has 2 fully saturated rings. The van der Waals surface area contributed by atoms with Crippen molar-refractivity contribution in [2.24, 2.45) is 9.12 Å². The fraction of sp³-hybridized carbons (Fsp3) is 0.542. The predicted molar refractivity (Wildman–Crippen MR) is 116 cm³/mol. The van der Waals surface area contributed by atoms with E-state index in [0.717, 1.165) is 53.7 Å². The van der Waals surface area contributed by atoms with Gasteiger partial charge in [-0.25, -0.2) is 0 Å². The van der Waals surface area contributed by atoms with Crippen LogP contribution in [0.15, 0.2) is 39.6 Å². The quantitative estimate of drug-likeness (QED) is 0.297. The van der Waals surface area contributed by atoms with E-state index in [2.05, 4.69) is 14.2 Å². The molecule has 0 radical (unpaired) electrons. The van der Waals surface area contributed by atoms with Gasteiger partial charge in [0, 0.05) is 0 Å². The minimum absolute atomic E-state index is 0.217. The molecule has 1 saturated carbocycles. The molecule has 2 aromatic carbocycles. The van der Waals surface area contributed by atoms with E-state index in [1.54, 1.807) is 7.11 Å². The summed E-state index contributed by atoms with van der Waals surface area (Å²) in [6.07, 6.45) is 2.85. The van der Waals surface area contributed by atoms with Crippen LogP contribution in [0, 0.1) is 5.92 Å². The molecule has 176 valence electrons. The van der Waals surface area contributed by atoms with Gasteiger partial charge in [-0.3, -0.25) is 0 Å². The number of methoxy groups -OCH3 is 1. The number of hydrogen-bond donors (Lipinski definition) is 0. The van der Waals surface area contributed by atoms with Gasteiger partial charge in [0.15, 0.2) is 0 Å². The third kappa shape index (κ3) is 6.14. The molecule has 0 N–H and O–H groups in total. The summed E-state index contributed by atoms with van der Waals surface area (Å²) in [5, 5.41) is 2.13. The van der Waals surface area contributed by atoms with Crippen molar-refractivity contribution in [1.29, 1.82) is 0 Å². The molecule has 4 rings (SSSR count). The molecule has 1 saturated heterocycles. The summed E-state index contributed by atoms with van der Waals surface area (Å²) in [6, 6.07) is 12.7. The Bertz CT molecular complexity index is 944. The maximum atomic E-state index is 12.5. The van der Waals surface area contributed by atoms with E-state index in [-0.39, 0.29) is 5.92 Å². The summed E-state index contributed by atoms with van der Waals surface area (Å²) in [4.78, 5) is 2.58. The first-order chi connectivity index (χ1) is 15.4. The van der Waals surface area contributed by atoms with Gasteiger partial charge < -0.3 is 0 Å². The van der Waals surface area contributed by atoms with Crippen LogP contribution in [0.2, 0.25) is 0 Å². The maximum absolute atomic E-state index is 12.5. The van der Waals surface area contributed by atoms with Gasteiger partial charge in [-0.1, -0.05) is 0 Å². The fourth-order valence-electron chi connectivity index (χ4n) is 4.84. The zero-order valence-electron chi connectivity index (χ0n) is 18.2. The number of benzene rings is 2. The van der Waals surface area contributed by atoms with E-state index in [9.17, 15) is 13.2 Å². The number of likely N-dealkylation sites (tertiary alicyclic amines) is 1. The van der Waals surface area contributed by atoms with Crippen molar-refractivity contribution in [2.45, 2.75) is 50.7 Å². The van der Waals surface area contributed by atoms with Gasteiger partial charge in [-0.2, -0.15) is 0 Å². The zero-order chi connectivity index (χ0) is 22.6. The van der Waals surface area contributed by atoms with Gasteiger partial charge in [-0.15, -0.1) is 0 Å². The summed E-state index contributed by atoms with van der Waals surface area (Å²) in [7, 11) is 1.64. The molecular weight excluding hydrogens is 532 g/mol. The Morgan fingerprint density at radius 1 is 1.06 bits per heavy atom. The van der Waals surface area contributed by atoms with E-state index < -0.39 is 34.7 Å². The average Bonchev–Trinajstić information content (AvgIpc) is 3.33. The van der Waals surface area contributed by atoms with E-state index in [1.807, 2.05) is 30.3 Å². The van der Waals surface area contributed by atoms with Crippen LogP contribution in [0.5, 0.6) is 5.75 Å². The summed E-state index contributed by atoms with van der Waals surface area (Å²) in [5.41, 5.74) is 1.89. The first-order valence-electron chi connectivity index (χ1n) is 11.2. The molecular formula is C24H29F3IN2O2-. The van der Waals surface area contributed by atoms with Crippen molar-refractivity contribution in [2.75, 3.05) is 26.8 Å². The molecule has 0 amide bonds. The summed E-state index contributed by atoms with van der Waals surface area (Å²) in [5.74, 6) is 1.01. The monoisotopic (exact) mass is 561 g/mol. The number of halogens is 4. The summed E-state index contributed by atoms with van der Waals surface area (Å²) >= 11 is -1.38. The molecule has 2 aliphatic rings. The Balaban J connectivity index is 1.58. The van der Waals surface area contributed by atoms with Crippen molar-refractivity contribution in [1.82, 2.24) is 4.90 Å². The fourth-order valence-corrected chi connectivity index (χ4v) is 6.36. The van der Waals surface area contributed by atoms with E-state index in [1.165, 1.54) is 25.7 Å². The topological polar surface area (TPSA) is 34.1 Å². The van der Waals surface area contributed by atoms with Crippen LogP contribution in [0.4, 0.5) is 13.2 Å². The van der Waals surface area contributed by atoms with E-state index in [0.29, 0.717) is 6.04 Å². The van der Waals surface area contributed by atoms with E-state index >= 15 is 0 Å². The van der Waals surface area contributed by atoms with Crippen molar-refractivity contribution in [3.63, 3.8) is 0 Å². The predicted octanol–water partition coefficient (Wildman–Crippen LogP) is 2.79. The molecule has 0 spiro atoms. The van der Waals surface area contributed by atoms with Crippen molar-refractivity contribution in [3.8, 4) is 5.75 Å². The minimum atomic E-state index is -4.32. The van der Waals surface area contributed by atoms with Gasteiger partial charge in [-0.05, 0) is 0 Å². The average molecular weight is 561 g/mol. The van der Waals surface area contributed by atoms with Crippen LogP contribution in [-0.2, 0) is 3.07 Å². The molecule has 0 bridgehead atoms. The van der Waals surface area contributed by atoms with Crippen LogP contribution in [-0.4, -0.2) is 49.6 Å². The molecule has 0 aromatic heterocycles. The molecule has 32 heavy (non-hydrogen) atoms. The van der Waals surface area contributed by atoms with E-state index in [4.69, 9.17) is 7.80 Å². The normalized spacial score (nSPS) is 21.5. The Hall–Kier alpha value is -1.39. The van der Waals surface area contributed by atoms with Gasteiger partial charge in [0.05, 0.1) is 0 Å². The number of ether oxygens (including phenoxy) is 1. The Morgan fingerprint density at radius 3 is 2.56 bits per heavy atom. The first-order valence-corrected chi connectivity index (χ1v) is 13.0. The molecule has 1 aliphatic carbocycles. The number of piperidine rings is 1. The Morgan fingerprint density at radius 2 is 1.81 bits per heavy atom. The number of hydrogen-bond acceptors (Lipinski definition) is 4. The van der Waals surface area contributed by atoms with Crippen LogP contribution >= 0.6 is 0 Å². The Kier molecular flexibility index (Phi) is 7.94. The molecule has 2 aromatic rings. The van der Waals surface area contributed by atoms with Crippen LogP contribution in [0.3, 0.4) is 0 Å².